The number of hydrogen-bond acceptors (Lipinski definition) is 7. The maximum absolute atomic E-state index is 13.2. The summed E-state index contributed by atoms with van der Waals surface area (Å²) in [6, 6.07) is 5.97. The van der Waals surface area contributed by atoms with Crippen LogP contribution in [0.2, 0.25) is 0 Å². The molecule has 2 atom stereocenters. The lowest BCUT2D eigenvalue weighted by atomic mass is 9.91. The minimum absolute atomic E-state index is 0.0718. The largest absolute Gasteiger partial charge is 0.508 e. The van der Waals surface area contributed by atoms with Crippen molar-refractivity contribution in [3.63, 3.8) is 0 Å². The third kappa shape index (κ3) is 4.55. The quantitative estimate of drug-likeness (QED) is 0.553. The molecule has 0 saturated carbocycles. The number of anilines is 1. The van der Waals surface area contributed by atoms with E-state index in [1.807, 2.05) is 31.5 Å². The Bertz CT molecular complexity index is 1210. The van der Waals surface area contributed by atoms with E-state index in [-0.39, 0.29) is 29.7 Å². The first-order valence-electron chi connectivity index (χ1n) is 11.5. The first-order valence-corrected chi connectivity index (χ1v) is 11.5. The summed E-state index contributed by atoms with van der Waals surface area (Å²) in [6.45, 7) is 8.38. The molecule has 3 N–H and O–H groups in total. The Morgan fingerprint density at radius 3 is 2.56 bits per heavy atom. The number of fused-ring (bicyclic) bond motifs is 1. The SMILES string of the molecule is CCOC(=O)[C@H]1C[C@H](n2cc(-c3ccc(O)cc3)c3c(N)ncnc32)CN1C(=O)CC(C)(C)C. The summed E-state index contributed by atoms with van der Waals surface area (Å²) < 4.78 is 7.28. The van der Waals surface area contributed by atoms with Crippen molar-refractivity contribution in [2.45, 2.75) is 52.6 Å². The van der Waals surface area contributed by atoms with Gasteiger partial charge in [-0.25, -0.2) is 14.8 Å². The Labute approximate surface area is 198 Å². The van der Waals surface area contributed by atoms with Crippen LogP contribution in [0.4, 0.5) is 5.82 Å². The summed E-state index contributed by atoms with van der Waals surface area (Å²) in [4.78, 5) is 36.3. The van der Waals surface area contributed by atoms with E-state index in [1.54, 1.807) is 36.1 Å². The second-order valence-corrected chi connectivity index (χ2v) is 9.90. The number of rotatable bonds is 5. The molecule has 4 rings (SSSR count). The number of aromatic nitrogens is 3. The number of nitrogens with zero attached hydrogens (tertiary/aromatic N) is 4. The molecule has 9 nitrogen and oxygen atoms in total. The molecule has 1 saturated heterocycles. The maximum Gasteiger partial charge on any atom is 0.328 e. The number of nitrogen functional groups attached to an aromatic ring is 1. The van der Waals surface area contributed by atoms with E-state index in [9.17, 15) is 14.7 Å². The van der Waals surface area contributed by atoms with E-state index in [1.165, 1.54) is 6.33 Å². The van der Waals surface area contributed by atoms with Gasteiger partial charge in [0.05, 0.1) is 18.0 Å². The van der Waals surface area contributed by atoms with Gasteiger partial charge >= 0.3 is 5.97 Å². The molecule has 1 amide bonds. The molecule has 3 heterocycles. The van der Waals surface area contributed by atoms with Crippen molar-refractivity contribution in [1.29, 1.82) is 0 Å². The molecule has 1 aromatic carbocycles. The summed E-state index contributed by atoms with van der Waals surface area (Å²) in [6.07, 6.45) is 4.09. The van der Waals surface area contributed by atoms with Crippen LogP contribution in [0.15, 0.2) is 36.8 Å². The molecule has 0 spiro atoms. The number of esters is 1. The van der Waals surface area contributed by atoms with E-state index < -0.39 is 12.0 Å². The van der Waals surface area contributed by atoms with E-state index in [0.717, 1.165) is 11.1 Å². The van der Waals surface area contributed by atoms with Crippen molar-refractivity contribution in [2.24, 2.45) is 5.41 Å². The van der Waals surface area contributed by atoms with Crippen LogP contribution in [0, 0.1) is 5.41 Å². The first-order chi connectivity index (χ1) is 16.1. The fraction of sp³-hybridized carbons (Fsp3) is 0.440. The van der Waals surface area contributed by atoms with Crippen molar-refractivity contribution >= 4 is 28.7 Å². The second kappa shape index (κ2) is 8.96. The zero-order valence-corrected chi connectivity index (χ0v) is 20.0. The van der Waals surface area contributed by atoms with Gasteiger partial charge in [0.2, 0.25) is 5.91 Å². The Kier molecular flexibility index (Phi) is 6.20. The van der Waals surface area contributed by atoms with Crippen LogP contribution < -0.4 is 5.73 Å². The lowest BCUT2D eigenvalue weighted by Crippen LogP contribution is -2.42. The van der Waals surface area contributed by atoms with Gasteiger partial charge in [0.25, 0.3) is 0 Å². The molecule has 2 aromatic heterocycles. The second-order valence-electron chi connectivity index (χ2n) is 9.90. The standard InChI is InChI=1S/C25H31N5O4/c1-5-34-24(33)19-10-16(12-30(19)20(32)11-25(2,3)4)29-13-18(15-6-8-17(31)9-7-15)21-22(26)27-14-28-23(21)29/h6-9,13-14,16,19,31H,5,10-12H2,1-4H3,(H2,26,27,28)/t16-,19+/m0/s1. The number of aromatic hydroxyl groups is 1. The normalized spacial score (nSPS) is 18.4. The summed E-state index contributed by atoms with van der Waals surface area (Å²) in [5.74, 6) is 0.0410. The number of amides is 1. The summed E-state index contributed by atoms with van der Waals surface area (Å²) in [5, 5.41) is 10.4. The molecular formula is C25H31N5O4. The van der Waals surface area contributed by atoms with Gasteiger partial charge < -0.3 is 25.0 Å². The number of carbonyl (C=O) groups excluding carboxylic acids is 2. The minimum atomic E-state index is -0.659. The highest BCUT2D eigenvalue weighted by Gasteiger charge is 2.42. The molecule has 1 aliphatic rings. The molecule has 0 radical (unpaired) electrons. The number of nitrogens with two attached hydrogens (primary N) is 1. The van der Waals surface area contributed by atoms with Gasteiger partial charge in [0.1, 0.15) is 29.6 Å². The van der Waals surface area contributed by atoms with Gasteiger partial charge in [-0.15, -0.1) is 0 Å². The van der Waals surface area contributed by atoms with Crippen molar-refractivity contribution < 1.29 is 19.4 Å². The number of phenols is 1. The average Bonchev–Trinajstić information content (AvgIpc) is 3.36. The predicted octanol–water partition coefficient (Wildman–Crippen LogP) is 3.53. The highest BCUT2D eigenvalue weighted by molar-refractivity contribution is 6.00. The Balaban J connectivity index is 1.76. The summed E-state index contributed by atoms with van der Waals surface area (Å²) in [7, 11) is 0. The number of likely N-dealkylation sites (tertiary alicyclic amines) is 1. The minimum Gasteiger partial charge on any atom is -0.508 e. The number of phenolic OH excluding ortho intramolecular Hbond substituents is 1. The Morgan fingerprint density at radius 1 is 1.21 bits per heavy atom. The van der Waals surface area contributed by atoms with Crippen molar-refractivity contribution in [3.8, 4) is 16.9 Å². The van der Waals surface area contributed by atoms with Gasteiger partial charge in [-0.1, -0.05) is 32.9 Å². The van der Waals surface area contributed by atoms with E-state index in [2.05, 4.69) is 9.97 Å². The molecule has 1 fully saturated rings. The molecule has 3 aromatic rings. The maximum atomic E-state index is 13.2. The van der Waals surface area contributed by atoms with Crippen LogP contribution in [0.3, 0.4) is 0 Å². The number of hydrogen-bond donors (Lipinski definition) is 2. The average molecular weight is 466 g/mol. The number of carbonyl (C=O) groups is 2. The fourth-order valence-electron chi connectivity index (χ4n) is 4.55. The molecule has 0 aliphatic carbocycles. The molecule has 0 unspecified atom stereocenters. The van der Waals surface area contributed by atoms with Gasteiger partial charge in [-0.3, -0.25) is 4.79 Å². The molecule has 180 valence electrons. The van der Waals surface area contributed by atoms with Crippen LogP contribution >= 0.6 is 0 Å². The van der Waals surface area contributed by atoms with E-state index in [0.29, 0.717) is 36.2 Å². The van der Waals surface area contributed by atoms with Gasteiger partial charge in [-0.05, 0) is 30.0 Å². The fourth-order valence-corrected chi connectivity index (χ4v) is 4.55. The molecule has 0 bridgehead atoms. The zero-order chi connectivity index (χ0) is 24.6. The predicted molar refractivity (Wildman–Crippen MR) is 129 cm³/mol. The third-order valence-corrected chi connectivity index (χ3v) is 6.05. The van der Waals surface area contributed by atoms with Crippen LogP contribution in [0.25, 0.3) is 22.2 Å². The van der Waals surface area contributed by atoms with Crippen LogP contribution in [-0.4, -0.2) is 55.6 Å². The van der Waals surface area contributed by atoms with E-state index in [4.69, 9.17) is 10.5 Å². The van der Waals surface area contributed by atoms with Gasteiger partial charge in [0, 0.05) is 31.1 Å². The topological polar surface area (TPSA) is 124 Å². The molecule has 34 heavy (non-hydrogen) atoms. The monoisotopic (exact) mass is 465 g/mol. The Morgan fingerprint density at radius 2 is 1.91 bits per heavy atom. The number of ether oxygens (including phenoxy) is 1. The summed E-state index contributed by atoms with van der Waals surface area (Å²) in [5.41, 5.74) is 8.34. The highest BCUT2D eigenvalue weighted by Crippen LogP contribution is 2.38. The molecular weight excluding hydrogens is 434 g/mol. The van der Waals surface area contributed by atoms with Gasteiger partial charge in [0.15, 0.2) is 0 Å². The lowest BCUT2D eigenvalue weighted by molar-refractivity contribution is -0.153. The highest BCUT2D eigenvalue weighted by atomic mass is 16.5. The van der Waals surface area contributed by atoms with Crippen LogP contribution in [0.5, 0.6) is 5.75 Å². The smallest absolute Gasteiger partial charge is 0.328 e. The van der Waals surface area contributed by atoms with Crippen molar-refractivity contribution in [2.75, 3.05) is 18.9 Å². The third-order valence-electron chi connectivity index (χ3n) is 6.05. The van der Waals surface area contributed by atoms with E-state index >= 15 is 0 Å². The van der Waals surface area contributed by atoms with Gasteiger partial charge in [-0.2, -0.15) is 0 Å². The Hall–Kier alpha value is -3.62. The number of benzene rings is 1. The summed E-state index contributed by atoms with van der Waals surface area (Å²) >= 11 is 0. The molecule has 1 aliphatic heterocycles. The van der Waals surface area contributed by atoms with Crippen molar-refractivity contribution in [1.82, 2.24) is 19.4 Å². The molecule has 9 heteroatoms. The first kappa shape index (κ1) is 23.5. The zero-order valence-electron chi connectivity index (χ0n) is 20.0. The van der Waals surface area contributed by atoms with Crippen molar-refractivity contribution in [3.05, 3.63) is 36.8 Å². The van der Waals surface area contributed by atoms with Crippen LogP contribution in [0.1, 0.15) is 46.6 Å². The lowest BCUT2D eigenvalue weighted by Gasteiger charge is -2.26. The van der Waals surface area contributed by atoms with Crippen LogP contribution in [-0.2, 0) is 14.3 Å².